The number of H-pyrrole nitrogens is 1. The monoisotopic (exact) mass is 212 g/mol. The second kappa shape index (κ2) is 4.22. The highest BCUT2D eigenvalue weighted by atomic mass is 16.4. The van der Waals surface area contributed by atoms with Crippen LogP contribution >= 0.6 is 0 Å². The van der Waals surface area contributed by atoms with E-state index in [-0.39, 0.29) is 11.4 Å². The number of carboxylic acid groups (broad SMARTS) is 1. The van der Waals surface area contributed by atoms with E-state index in [1.54, 1.807) is 0 Å². The number of nitrogens with one attached hydrogen (secondary N) is 2. The van der Waals surface area contributed by atoms with E-state index >= 15 is 0 Å². The third-order valence-electron chi connectivity index (χ3n) is 1.49. The molecule has 0 bridgehead atoms. The van der Waals surface area contributed by atoms with Crippen LogP contribution in [-0.2, 0) is 4.79 Å². The zero-order valence-corrected chi connectivity index (χ0v) is 7.48. The summed E-state index contributed by atoms with van der Waals surface area (Å²) in [6.45, 7) is -0.530. The van der Waals surface area contributed by atoms with Crippen LogP contribution < -0.4 is 16.7 Å². The Kier molecular flexibility index (Phi) is 3.01. The molecule has 8 nitrogen and oxygen atoms in total. The number of carbonyl (C=O) groups excluding carboxylic acids is 1. The number of amides is 1. The van der Waals surface area contributed by atoms with E-state index in [9.17, 15) is 14.4 Å². The van der Waals surface area contributed by atoms with E-state index in [0.29, 0.717) is 0 Å². The third kappa shape index (κ3) is 2.79. The predicted octanol–water partition coefficient (Wildman–Crippen LogP) is -1.83. The summed E-state index contributed by atoms with van der Waals surface area (Å²) in [6.07, 6.45) is 0.978. The van der Waals surface area contributed by atoms with Crippen molar-refractivity contribution in [1.82, 2.24) is 15.3 Å². The molecule has 1 amide bonds. The molecule has 0 aliphatic heterocycles. The normalized spacial score (nSPS) is 9.60. The number of carbonyl (C=O) groups is 2. The minimum atomic E-state index is -1.18. The molecule has 1 rings (SSSR count). The van der Waals surface area contributed by atoms with Crippen LogP contribution in [0.25, 0.3) is 0 Å². The molecule has 0 spiro atoms. The van der Waals surface area contributed by atoms with E-state index in [2.05, 4.69) is 15.3 Å². The van der Waals surface area contributed by atoms with Gasteiger partial charge in [0, 0.05) is 6.20 Å². The molecule has 1 heterocycles. The molecule has 0 saturated heterocycles. The molecule has 1 aromatic rings. The molecule has 80 valence electrons. The average Bonchev–Trinajstić information content (AvgIpc) is 2.14. The largest absolute Gasteiger partial charge is 0.480 e. The van der Waals surface area contributed by atoms with Gasteiger partial charge in [0.1, 0.15) is 12.4 Å². The summed E-state index contributed by atoms with van der Waals surface area (Å²) in [6, 6.07) is 0. The highest BCUT2D eigenvalue weighted by molar-refractivity contribution is 5.99. The van der Waals surface area contributed by atoms with Crippen molar-refractivity contribution < 1.29 is 14.7 Å². The van der Waals surface area contributed by atoms with Crippen LogP contribution in [0.4, 0.5) is 5.82 Å². The van der Waals surface area contributed by atoms with Crippen molar-refractivity contribution in [3.63, 3.8) is 0 Å². The van der Waals surface area contributed by atoms with Crippen LogP contribution in [0.1, 0.15) is 10.4 Å². The molecule has 8 heteroatoms. The van der Waals surface area contributed by atoms with E-state index in [0.717, 1.165) is 6.20 Å². The number of nitrogens with two attached hydrogens (primary N) is 1. The number of rotatable bonds is 3. The van der Waals surface area contributed by atoms with Crippen molar-refractivity contribution in [3.8, 4) is 0 Å². The Bertz CT molecular complexity index is 453. The molecule has 0 unspecified atom stereocenters. The van der Waals surface area contributed by atoms with Crippen LogP contribution in [0.15, 0.2) is 11.0 Å². The number of hydrogen-bond acceptors (Lipinski definition) is 5. The summed E-state index contributed by atoms with van der Waals surface area (Å²) in [5, 5.41) is 10.4. The molecule has 0 aliphatic carbocycles. The Balaban J connectivity index is 2.82. The maximum atomic E-state index is 11.3. The van der Waals surface area contributed by atoms with Crippen LogP contribution in [0, 0.1) is 0 Å². The smallest absolute Gasteiger partial charge is 0.346 e. The van der Waals surface area contributed by atoms with E-state index in [1.165, 1.54) is 0 Å². The van der Waals surface area contributed by atoms with Gasteiger partial charge in [-0.2, -0.15) is 0 Å². The summed E-state index contributed by atoms with van der Waals surface area (Å²) in [7, 11) is 0. The van der Waals surface area contributed by atoms with Gasteiger partial charge in [0.25, 0.3) is 5.91 Å². The molecule has 0 atom stereocenters. The predicted molar refractivity (Wildman–Crippen MR) is 49.2 cm³/mol. The fourth-order valence-electron chi connectivity index (χ4n) is 0.840. The molecule has 5 N–H and O–H groups in total. The van der Waals surface area contributed by atoms with Gasteiger partial charge in [0.2, 0.25) is 0 Å². The lowest BCUT2D eigenvalue weighted by atomic mass is 10.3. The molecule has 0 aromatic carbocycles. The van der Waals surface area contributed by atoms with Gasteiger partial charge in [-0.15, -0.1) is 0 Å². The molecule has 0 aliphatic rings. The van der Waals surface area contributed by atoms with Crippen LogP contribution in [0.2, 0.25) is 0 Å². The third-order valence-corrected chi connectivity index (χ3v) is 1.49. The van der Waals surface area contributed by atoms with Gasteiger partial charge < -0.3 is 16.2 Å². The lowest BCUT2D eigenvalue weighted by Crippen LogP contribution is -2.31. The number of nitrogens with zero attached hydrogens (tertiary/aromatic N) is 1. The number of carboxylic acids is 1. The first-order chi connectivity index (χ1) is 7.00. The number of hydrogen-bond donors (Lipinski definition) is 4. The topological polar surface area (TPSA) is 138 Å². The van der Waals surface area contributed by atoms with Crippen molar-refractivity contribution in [2.75, 3.05) is 12.3 Å². The minimum absolute atomic E-state index is 0.0733. The highest BCUT2D eigenvalue weighted by Crippen LogP contribution is 2.02. The van der Waals surface area contributed by atoms with Gasteiger partial charge in [0.05, 0.1) is 5.56 Å². The van der Waals surface area contributed by atoms with Gasteiger partial charge in [-0.05, 0) is 0 Å². The van der Waals surface area contributed by atoms with Crippen LogP contribution in [0.5, 0.6) is 0 Å². The van der Waals surface area contributed by atoms with E-state index in [1.807, 2.05) is 0 Å². The maximum Gasteiger partial charge on any atom is 0.346 e. The molecule has 0 saturated carbocycles. The zero-order valence-electron chi connectivity index (χ0n) is 7.48. The first-order valence-electron chi connectivity index (χ1n) is 3.85. The quantitative estimate of drug-likeness (QED) is 0.464. The van der Waals surface area contributed by atoms with Crippen molar-refractivity contribution >= 4 is 17.7 Å². The van der Waals surface area contributed by atoms with Gasteiger partial charge in [-0.1, -0.05) is 0 Å². The van der Waals surface area contributed by atoms with Gasteiger partial charge in [-0.25, -0.2) is 9.78 Å². The van der Waals surface area contributed by atoms with Crippen molar-refractivity contribution in [3.05, 3.63) is 22.2 Å². The molecular formula is C7H8N4O4. The summed E-state index contributed by atoms with van der Waals surface area (Å²) in [5.41, 5.74) is 4.57. The lowest BCUT2D eigenvalue weighted by Gasteiger charge is -2.03. The van der Waals surface area contributed by atoms with Gasteiger partial charge >= 0.3 is 11.7 Å². The Hall–Kier alpha value is -2.38. The van der Waals surface area contributed by atoms with Gasteiger partial charge in [0.15, 0.2) is 0 Å². The van der Waals surface area contributed by atoms with E-state index < -0.39 is 24.1 Å². The Morgan fingerprint density at radius 3 is 2.80 bits per heavy atom. The van der Waals surface area contributed by atoms with Crippen LogP contribution in [0.3, 0.4) is 0 Å². The molecule has 15 heavy (non-hydrogen) atoms. The Morgan fingerprint density at radius 1 is 1.60 bits per heavy atom. The average molecular weight is 212 g/mol. The Morgan fingerprint density at radius 2 is 2.27 bits per heavy atom. The molecule has 0 radical (unpaired) electrons. The lowest BCUT2D eigenvalue weighted by molar-refractivity contribution is -0.135. The summed E-state index contributed by atoms with van der Waals surface area (Å²) < 4.78 is 0. The highest BCUT2D eigenvalue weighted by Gasteiger charge is 2.11. The number of aliphatic carboxylic acids is 1. The zero-order chi connectivity index (χ0) is 11.4. The molecule has 0 fully saturated rings. The summed E-state index contributed by atoms with van der Waals surface area (Å²) in [5.74, 6) is -2.05. The first-order valence-corrected chi connectivity index (χ1v) is 3.85. The molecule has 1 aromatic heterocycles. The van der Waals surface area contributed by atoms with Gasteiger partial charge in [-0.3, -0.25) is 14.6 Å². The molecular weight excluding hydrogens is 204 g/mol. The maximum absolute atomic E-state index is 11.3. The number of anilines is 1. The first kappa shape index (κ1) is 10.7. The van der Waals surface area contributed by atoms with Crippen molar-refractivity contribution in [2.24, 2.45) is 0 Å². The second-order valence-corrected chi connectivity index (χ2v) is 2.59. The van der Waals surface area contributed by atoms with Crippen molar-refractivity contribution in [1.29, 1.82) is 0 Å². The number of nitrogen functional groups attached to an aromatic ring is 1. The number of aromatic nitrogens is 2. The fraction of sp³-hybridized carbons (Fsp3) is 0.143. The summed E-state index contributed by atoms with van der Waals surface area (Å²) in [4.78, 5) is 37.5. The number of aromatic amines is 1. The standard InChI is InChI=1S/C7H8N4O4/c8-5-3(1-10-7(15)11-5)6(14)9-2-4(12)13/h1H,2H2,(H,9,14)(H,12,13)(H3,8,10,11,15). The minimum Gasteiger partial charge on any atom is -0.480 e. The second-order valence-electron chi connectivity index (χ2n) is 2.59. The fourth-order valence-corrected chi connectivity index (χ4v) is 0.840. The van der Waals surface area contributed by atoms with Crippen molar-refractivity contribution in [2.45, 2.75) is 0 Å². The SMILES string of the molecule is Nc1[nH]c(=O)ncc1C(=O)NCC(=O)O. The van der Waals surface area contributed by atoms with Crippen LogP contribution in [-0.4, -0.2) is 33.5 Å². The summed E-state index contributed by atoms with van der Waals surface area (Å²) >= 11 is 0. The Labute approximate surface area is 83.1 Å². The van der Waals surface area contributed by atoms with E-state index in [4.69, 9.17) is 10.8 Å².